The van der Waals surface area contributed by atoms with Gasteiger partial charge in [0.2, 0.25) is 0 Å². The first kappa shape index (κ1) is 14.2. The number of carbonyl (C=O) groups is 1. The zero-order valence-electron chi connectivity index (χ0n) is 10.8. The van der Waals surface area contributed by atoms with Crippen LogP contribution in [-0.4, -0.2) is 22.2 Å². The number of nitrogens with one attached hydrogen (secondary N) is 1. The first-order chi connectivity index (χ1) is 10.1. The fourth-order valence-electron chi connectivity index (χ4n) is 1.57. The van der Waals surface area contributed by atoms with Crippen LogP contribution in [0.5, 0.6) is 5.75 Å². The summed E-state index contributed by atoms with van der Waals surface area (Å²) < 4.78 is 0. The third kappa shape index (κ3) is 3.63. The molecule has 0 aliphatic carbocycles. The van der Waals surface area contributed by atoms with Crippen molar-refractivity contribution >= 4 is 17.8 Å². The Labute approximate surface area is 119 Å². The minimum atomic E-state index is -0.550. The smallest absolute Gasteiger partial charge is 0.275 e. The molecule has 0 radical (unpaired) electrons. The predicted molar refractivity (Wildman–Crippen MR) is 76.3 cm³/mol. The van der Waals surface area contributed by atoms with Crippen LogP contribution in [0.4, 0.5) is 5.69 Å². The molecule has 1 amide bonds. The molecule has 21 heavy (non-hydrogen) atoms. The van der Waals surface area contributed by atoms with E-state index in [2.05, 4.69) is 10.5 Å². The van der Waals surface area contributed by atoms with Gasteiger partial charge in [0.1, 0.15) is 5.75 Å². The van der Waals surface area contributed by atoms with Crippen molar-refractivity contribution in [1.29, 1.82) is 0 Å². The number of hydrogen-bond donors (Lipinski definition) is 2. The fraction of sp³-hybridized carbons (Fsp3) is 0. The SMILES string of the molecule is O=C(N/N=C/c1ccc([N+](=O)[O-])cc1)c1ccccc1O. The van der Waals surface area contributed by atoms with Gasteiger partial charge in [0.05, 0.1) is 16.7 Å². The number of nitro benzene ring substituents is 1. The lowest BCUT2D eigenvalue weighted by Crippen LogP contribution is -2.17. The second kappa shape index (κ2) is 6.29. The van der Waals surface area contributed by atoms with Crippen molar-refractivity contribution in [2.24, 2.45) is 5.10 Å². The minimum absolute atomic E-state index is 0.0228. The second-order valence-electron chi connectivity index (χ2n) is 4.06. The van der Waals surface area contributed by atoms with Crippen molar-refractivity contribution in [1.82, 2.24) is 5.43 Å². The molecule has 0 aliphatic rings. The van der Waals surface area contributed by atoms with Gasteiger partial charge < -0.3 is 5.11 Å². The number of non-ortho nitro benzene ring substituents is 1. The number of amides is 1. The number of phenols is 1. The van der Waals surface area contributed by atoms with Gasteiger partial charge in [-0.3, -0.25) is 14.9 Å². The van der Waals surface area contributed by atoms with Gasteiger partial charge in [-0.05, 0) is 29.8 Å². The van der Waals surface area contributed by atoms with Crippen LogP contribution in [0.3, 0.4) is 0 Å². The number of rotatable bonds is 4. The summed E-state index contributed by atoms with van der Waals surface area (Å²) >= 11 is 0. The van der Waals surface area contributed by atoms with E-state index in [1.165, 1.54) is 42.6 Å². The standard InChI is InChI=1S/C14H11N3O4/c18-13-4-2-1-3-12(13)14(19)16-15-9-10-5-7-11(8-6-10)17(20)21/h1-9,18H,(H,16,19)/b15-9+. The van der Waals surface area contributed by atoms with Gasteiger partial charge in [0.25, 0.3) is 11.6 Å². The van der Waals surface area contributed by atoms with E-state index in [1.54, 1.807) is 12.1 Å². The number of para-hydroxylation sites is 1. The van der Waals surface area contributed by atoms with Crippen molar-refractivity contribution in [3.8, 4) is 5.75 Å². The fourth-order valence-corrected chi connectivity index (χ4v) is 1.57. The van der Waals surface area contributed by atoms with Gasteiger partial charge in [-0.2, -0.15) is 5.10 Å². The number of hydrogen-bond acceptors (Lipinski definition) is 5. The van der Waals surface area contributed by atoms with Gasteiger partial charge in [-0.15, -0.1) is 0 Å². The molecule has 0 aromatic heterocycles. The zero-order chi connectivity index (χ0) is 15.2. The molecule has 106 valence electrons. The van der Waals surface area contributed by atoms with Crippen LogP contribution in [-0.2, 0) is 0 Å². The van der Waals surface area contributed by atoms with E-state index in [1.807, 2.05) is 0 Å². The third-order valence-corrected chi connectivity index (χ3v) is 2.63. The van der Waals surface area contributed by atoms with E-state index in [0.29, 0.717) is 5.56 Å². The van der Waals surface area contributed by atoms with E-state index in [9.17, 15) is 20.0 Å². The zero-order valence-corrected chi connectivity index (χ0v) is 10.8. The summed E-state index contributed by atoms with van der Waals surface area (Å²) in [5.74, 6) is -0.688. The Morgan fingerprint density at radius 1 is 1.19 bits per heavy atom. The summed E-state index contributed by atoms with van der Waals surface area (Å²) in [4.78, 5) is 21.7. The lowest BCUT2D eigenvalue weighted by atomic mass is 10.2. The van der Waals surface area contributed by atoms with Gasteiger partial charge >= 0.3 is 0 Å². The highest BCUT2D eigenvalue weighted by Crippen LogP contribution is 2.15. The lowest BCUT2D eigenvalue weighted by molar-refractivity contribution is -0.384. The molecule has 2 aromatic carbocycles. The van der Waals surface area contributed by atoms with E-state index >= 15 is 0 Å². The maximum Gasteiger partial charge on any atom is 0.275 e. The van der Waals surface area contributed by atoms with Crippen LogP contribution < -0.4 is 5.43 Å². The Bertz CT molecular complexity index is 696. The van der Waals surface area contributed by atoms with Crippen LogP contribution in [0.25, 0.3) is 0 Å². The van der Waals surface area contributed by atoms with Gasteiger partial charge in [0.15, 0.2) is 0 Å². The van der Waals surface area contributed by atoms with Crippen molar-refractivity contribution in [3.63, 3.8) is 0 Å². The highest BCUT2D eigenvalue weighted by Gasteiger charge is 2.08. The molecule has 0 saturated heterocycles. The molecule has 0 unspecified atom stereocenters. The van der Waals surface area contributed by atoms with Crippen molar-refractivity contribution in [2.75, 3.05) is 0 Å². The second-order valence-corrected chi connectivity index (χ2v) is 4.06. The molecule has 0 heterocycles. The molecule has 2 aromatic rings. The molecule has 7 nitrogen and oxygen atoms in total. The number of nitrogens with zero attached hydrogens (tertiary/aromatic N) is 2. The van der Waals surface area contributed by atoms with Crippen molar-refractivity contribution in [3.05, 3.63) is 69.8 Å². The summed E-state index contributed by atoms with van der Waals surface area (Å²) in [5.41, 5.74) is 2.94. The molecule has 7 heteroatoms. The maximum absolute atomic E-state index is 11.7. The van der Waals surface area contributed by atoms with E-state index in [0.717, 1.165) is 0 Å². The Morgan fingerprint density at radius 3 is 2.48 bits per heavy atom. The van der Waals surface area contributed by atoms with Gasteiger partial charge in [-0.1, -0.05) is 12.1 Å². The number of hydrazone groups is 1. The maximum atomic E-state index is 11.7. The molecule has 0 bridgehead atoms. The van der Waals surface area contributed by atoms with Crippen LogP contribution in [0.15, 0.2) is 53.6 Å². The van der Waals surface area contributed by atoms with Gasteiger partial charge in [-0.25, -0.2) is 5.43 Å². The Balaban J connectivity index is 2.01. The quantitative estimate of drug-likeness (QED) is 0.509. The topological polar surface area (TPSA) is 105 Å². The Hall–Kier alpha value is -3.22. The highest BCUT2D eigenvalue weighted by molar-refractivity contribution is 5.97. The third-order valence-electron chi connectivity index (χ3n) is 2.63. The van der Waals surface area contributed by atoms with Crippen molar-refractivity contribution in [2.45, 2.75) is 0 Å². The van der Waals surface area contributed by atoms with E-state index in [-0.39, 0.29) is 17.0 Å². The summed E-state index contributed by atoms with van der Waals surface area (Å²) in [6, 6.07) is 11.8. The largest absolute Gasteiger partial charge is 0.507 e. The molecule has 0 atom stereocenters. The Morgan fingerprint density at radius 2 is 1.86 bits per heavy atom. The number of carbonyl (C=O) groups excluding carboxylic acids is 1. The number of benzene rings is 2. The van der Waals surface area contributed by atoms with E-state index in [4.69, 9.17) is 0 Å². The number of aromatic hydroxyl groups is 1. The average Bonchev–Trinajstić information content (AvgIpc) is 2.48. The molecule has 0 fully saturated rings. The first-order valence-corrected chi connectivity index (χ1v) is 5.94. The summed E-state index contributed by atoms with van der Waals surface area (Å²) in [6.07, 6.45) is 1.35. The predicted octanol–water partition coefficient (Wildman–Crippen LogP) is 2.06. The van der Waals surface area contributed by atoms with E-state index < -0.39 is 10.8 Å². The molecule has 0 saturated carbocycles. The summed E-state index contributed by atoms with van der Waals surface area (Å²) in [5, 5.41) is 23.7. The van der Waals surface area contributed by atoms with Gasteiger partial charge in [0, 0.05) is 12.1 Å². The highest BCUT2D eigenvalue weighted by atomic mass is 16.6. The first-order valence-electron chi connectivity index (χ1n) is 5.94. The van der Waals surface area contributed by atoms with Crippen LogP contribution in [0, 0.1) is 10.1 Å². The normalized spacial score (nSPS) is 10.5. The molecule has 2 rings (SSSR count). The number of phenolic OH excluding ortho intramolecular Hbond substituents is 1. The average molecular weight is 285 g/mol. The number of nitro groups is 1. The van der Waals surface area contributed by atoms with Crippen molar-refractivity contribution < 1.29 is 14.8 Å². The molecular formula is C14H11N3O4. The molecular weight excluding hydrogens is 274 g/mol. The minimum Gasteiger partial charge on any atom is -0.507 e. The molecule has 0 aliphatic heterocycles. The summed E-state index contributed by atoms with van der Waals surface area (Å²) in [7, 11) is 0. The monoisotopic (exact) mass is 285 g/mol. The summed E-state index contributed by atoms with van der Waals surface area (Å²) in [6.45, 7) is 0. The Kier molecular flexibility index (Phi) is 4.25. The van der Waals surface area contributed by atoms with Crippen LogP contribution in [0.1, 0.15) is 15.9 Å². The van der Waals surface area contributed by atoms with Crippen LogP contribution >= 0.6 is 0 Å². The van der Waals surface area contributed by atoms with Crippen LogP contribution in [0.2, 0.25) is 0 Å². The molecule has 0 spiro atoms. The lowest BCUT2D eigenvalue weighted by Gasteiger charge is -2.01. The molecule has 2 N–H and O–H groups in total.